The minimum atomic E-state index is -0.790. The lowest BCUT2D eigenvalue weighted by Crippen LogP contribution is -2.28. The van der Waals surface area contributed by atoms with Crippen LogP contribution in [0, 0.1) is 6.92 Å². The molecule has 0 radical (unpaired) electrons. The predicted octanol–water partition coefficient (Wildman–Crippen LogP) is 1.53. The van der Waals surface area contributed by atoms with Crippen LogP contribution in [0.3, 0.4) is 0 Å². The number of aromatic hydroxyl groups is 1. The molecule has 98 valence electrons. The first kappa shape index (κ1) is 12.8. The predicted molar refractivity (Wildman–Crippen MR) is 66.3 cm³/mol. The Labute approximate surface area is 106 Å². The van der Waals surface area contributed by atoms with E-state index in [4.69, 9.17) is 5.11 Å². The van der Waals surface area contributed by atoms with E-state index in [1.807, 2.05) is 6.92 Å². The molecule has 18 heavy (non-hydrogen) atoms. The van der Waals surface area contributed by atoms with Crippen LogP contribution >= 0.6 is 0 Å². The van der Waals surface area contributed by atoms with E-state index in [0.717, 1.165) is 18.5 Å². The van der Waals surface area contributed by atoms with Gasteiger partial charge in [0.25, 0.3) is 0 Å². The molecule has 5 heteroatoms. The van der Waals surface area contributed by atoms with Gasteiger partial charge in [-0.15, -0.1) is 0 Å². The molecule has 0 saturated heterocycles. The number of aryl methyl sites for hydroxylation is 1. The molecule has 1 aliphatic carbocycles. The highest BCUT2D eigenvalue weighted by molar-refractivity contribution is 5.66. The first-order valence-corrected chi connectivity index (χ1v) is 6.17. The van der Waals surface area contributed by atoms with E-state index < -0.39 is 5.97 Å². The fourth-order valence-electron chi connectivity index (χ4n) is 1.98. The third kappa shape index (κ3) is 3.43. The number of carbonyl (C=O) groups is 1. The number of carboxylic acids is 1. The van der Waals surface area contributed by atoms with Gasteiger partial charge in [-0.05, 0) is 31.9 Å². The minimum absolute atomic E-state index is 0.128. The molecular formula is C13H18N2O3. The zero-order valence-electron chi connectivity index (χ0n) is 10.5. The molecule has 5 nitrogen and oxygen atoms in total. The van der Waals surface area contributed by atoms with Gasteiger partial charge in [0.1, 0.15) is 5.75 Å². The van der Waals surface area contributed by atoms with Crippen molar-refractivity contribution in [1.82, 2.24) is 9.88 Å². The van der Waals surface area contributed by atoms with E-state index in [0.29, 0.717) is 24.8 Å². The van der Waals surface area contributed by atoms with Gasteiger partial charge >= 0.3 is 5.97 Å². The van der Waals surface area contributed by atoms with Crippen LogP contribution in [0.4, 0.5) is 0 Å². The molecule has 0 unspecified atom stereocenters. The largest absolute Gasteiger partial charge is 0.506 e. The molecule has 1 heterocycles. The van der Waals surface area contributed by atoms with Gasteiger partial charge in [-0.2, -0.15) is 0 Å². The van der Waals surface area contributed by atoms with Crippen molar-refractivity contribution in [1.29, 1.82) is 0 Å². The third-order valence-corrected chi connectivity index (χ3v) is 3.12. The number of aliphatic carboxylic acids is 1. The van der Waals surface area contributed by atoms with Gasteiger partial charge in [0.15, 0.2) is 0 Å². The lowest BCUT2D eigenvalue weighted by molar-refractivity contribution is -0.137. The number of rotatable bonds is 6. The standard InChI is InChI=1S/C13H18N2O3/c1-9-2-5-12(16)11(14-9)8-15(10-3-4-10)7-6-13(17)18/h2,5,10,16H,3-4,6-8H2,1H3,(H,17,18). The Kier molecular flexibility index (Phi) is 3.81. The van der Waals surface area contributed by atoms with Crippen LogP contribution < -0.4 is 0 Å². The van der Waals surface area contributed by atoms with Crippen LogP contribution in [0.15, 0.2) is 12.1 Å². The molecule has 1 aromatic rings. The van der Waals surface area contributed by atoms with Gasteiger partial charge in [-0.3, -0.25) is 14.7 Å². The molecule has 0 aliphatic heterocycles. The van der Waals surface area contributed by atoms with Crippen molar-refractivity contribution in [3.05, 3.63) is 23.5 Å². The average molecular weight is 250 g/mol. The monoisotopic (exact) mass is 250 g/mol. The van der Waals surface area contributed by atoms with Crippen molar-refractivity contribution >= 4 is 5.97 Å². The molecule has 0 bridgehead atoms. The topological polar surface area (TPSA) is 73.7 Å². The summed E-state index contributed by atoms with van der Waals surface area (Å²) in [6.45, 7) is 2.90. The Morgan fingerprint density at radius 2 is 2.22 bits per heavy atom. The van der Waals surface area contributed by atoms with Gasteiger partial charge in [-0.25, -0.2) is 0 Å². The molecule has 0 amide bonds. The molecular weight excluding hydrogens is 232 g/mol. The minimum Gasteiger partial charge on any atom is -0.506 e. The SMILES string of the molecule is Cc1ccc(O)c(CN(CCC(=O)O)C2CC2)n1. The van der Waals surface area contributed by atoms with Crippen molar-refractivity contribution in [2.45, 2.75) is 38.8 Å². The second-order valence-electron chi connectivity index (χ2n) is 4.76. The number of carboxylic acid groups (broad SMARTS) is 1. The van der Waals surface area contributed by atoms with Crippen LogP contribution in [0.1, 0.15) is 30.7 Å². The van der Waals surface area contributed by atoms with E-state index >= 15 is 0 Å². The summed E-state index contributed by atoms with van der Waals surface area (Å²) in [6.07, 6.45) is 2.33. The molecule has 2 N–H and O–H groups in total. The Balaban J connectivity index is 2.03. The average Bonchev–Trinajstić information content (AvgIpc) is 3.12. The first-order chi connectivity index (χ1) is 8.56. The quantitative estimate of drug-likeness (QED) is 0.801. The summed E-state index contributed by atoms with van der Waals surface area (Å²) >= 11 is 0. The fourth-order valence-corrected chi connectivity index (χ4v) is 1.98. The summed E-state index contributed by atoms with van der Waals surface area (Å²) in [5.41, 5.74) is 1.49. The number of aromatic nitrogens is 1. The Morgan fingerprint density at radius 3 is 2.83 bits per heavy atom. The van der Waals surface area contributed by atoms with E-state index in [2.05, 4.69) is 9.88 Å². The molecule has 1 aliphatic rings. The van der Waals surface area contributed by atoms with E-state index in [1.54, 1.807) is 12.1 Å². The van der Waals surface area contributed by atoms with Gasteiger partial charge in [0.2, 0.25) is 0 Å². The van der Waals surface area contributed by atoms with Crippen LogP contribution in [0.5, 0.6) is 5.75 Å². The van der Waals surface area contributed by atoms with Crippen LogP contribution in [-0.4, -0.2) is 38.7 Å². The summed E-state index contributed by atoms with van der Waals surface area (Å²) in [4.78, 5) is 17.0. The van der Waals surface area contributed by atoms with Crippen molar-refractivity contribution in [3.8, 4) is 5.75 Å². The highest BCUT2D eigenvalue weighted by Gasteiger charge is 2.29. The molecule has 1 aromatic heterocycles. The zero-order chi connectivity index (χ0) is 13.1. The van der Waals surface area contributed by atoms with Crippen molar-refractivity contribution in [2.75, 3.05) is 6.54 Å². The Morgan fingerprint density at radius 1 is 1.50 bits per heavy atom. The molecule has 0 aromatic carbocycles. The van der Waals surface area contributed by atoms with Crippen molar-refractivity contribution in [3.63, 3.8) is 0 Å². The normalized spacial score (nSPS) is 15.0. The highest BCUT2D eigenvalue weighted by atomic mass is 16.4. The molecule has 0 spiro atoms. The van der Waals surface area contributed by atoms with E-state index in [9.17, 15) is 9.90 Å². The number of hydrogen-bond donors (Lipinski definition) is 2. The smallest absolute Gasteiger partial charge is 0.304 e. The van der Waals surface area contributed by atoms with Gasteiger partial charge in [0, 0.05) is 24.8 Å². The lowest BCUT2D eigenvalue weighted by atomic mass is 10.2. The van der Waals surface area contributed by atoms with Crippen molar-refractivity contribution in [2.24, 2.45) is 0 Å². The van der Waals surface area contributed by atoms with E-state index in [-0.39, 0.29) is 12.2 Å². The highest BCUT2D eigenvalue weighted by Crippen LogP contribution is 2.29. The number of nitrogens with zero attached hydrogens (tertiary/aromatic N) is 2. The Hall–Kier alpha value is -1.62. The summed E-state index contributed by atoms with van der Waals surface area (Å²) in [5, 5.41) is 18.5. The maximum absolute atomic E-state index is 10.6. The van der Waals surface area contributed by atoms with E-state index in [1.165, 1.54) is 0 Å². The summed E-state index contributed by atoms with van der Waals surface area (Å²) < 4.78 is 0. The lowest BCUT2D eigenvalue weighted by Gasteiger charge is -2.21. The number of hydrogen-bond acceptors (Lipinski definition) is 4. The fraction of sp³-hybridized carbons (Fsp3) is 0.538. The molecule has 1 saturated carbocycles. The number of pyridine rings is 1. The third-order valence-electron chi connectivity index (χ3n) is 3.12. The maximum atomic E-state index is 10.6. The van der Waals surface area contributed by atoms with Crippen LogP contribution in [0.25, 0.3) is 0 Å². The van der Waals surface area contributed by atoms with Crippen LogP contribution in [0.2, 0.25) is 0 Å². The van der Waals surface area contributed by atoms with Crippen molar-refractivity contribution < 1.29 is 15.0 Å². The Bertz CT molecular complexity index is 444. The second-order valence-corrected chi connectivity index (χ2v) is 4.76. The zero-order valence-corrected chi connectivity index (χ0v) is 10.5. The second kappa shape index (κ2) is 5.35. The molecule has 2 rings (SSSR count). The first-order valence-electron chi connectivity index (χ1n) is 6.17. The molecule has 0 atom stereocenters. The summed E-state index contributed by atoms with van der Waals surface area (Å²) in [7, 11) is 0. The van der Waals surface area contributed by atoms with Gasteiger partial charge < -0.3 is 10.2 Å². The maximum Gasteiger partial charge on any atom is 0.304 e. The summed E-state index contributed by atoms with van der Waals surface area (Å²) in [6, 6.07) is 3.85. The van der Waals surface area contributed by atoms with Gasteiger partial charge in [0.05, 0.1) is 12.1 Å². The van der Waals surface area contributed by atoms with Gasteiger partial charge in [-0.1, -0.05) is 0 Å². The molecule has 1 fully saturated rings. The summed E-state index contributed by atoms with van der Waals surface area (Å²) in [5.74, 6) is -0.608. The van der Waals surface area contributed by atoms with Crippen LogP contribution in [-0.2, 0) is 11.3 Å².